The van der Waals surface area contributed by atoms with Gasteiger partial charge in [0.15, 0.2) is 0 Å². The van der Waals surface area contributed by atoms with Crippen molar-refractivity contribution in [2.45, 2.75) is 0 Å². The van der Waals surface area contributed by atoms with Crippen molar-refractivity contribution < 1.29 is 0 Å². The van der Waals surface area contributed by atoms with E-state index in [2.05, 4.69) is 92.8 Å². The van der Waals surface area contributed by atoms with Gasteiger partial charge in [0, 0.05) is 56.0 Å². The highest BCUT2D eigenvalue weighted by molar-refractivity contribution is 5.68. The van der Waals surface area contributed by atoms with Gasteiger partial charge < -0.3 is 0 Å². The fourth-order valence-corrected chi connectivity index (χ4v) is 3.17. The van der Waals surface area contributed by atoms with Crippen LogP contribution in [0.5, 0.6) is 0 Å². The fraction of sp³-hybridized carbons (Fsp3) is 0.375. The first-order chi connectivity index (χ1) is 13.9. The summed E-state index contributed by atoms with van der Waals surface area (Å²) < 4.78 is 0. The summed E-state index contributed by atoms with van der Waals surface area (Å²) in [4.78, 5) is 16.2. The third-order valence-electron chi connectivity index (χ3n) is 4.80. The molecule has 28 heavy (non-hydrogen) atoms. The minimum absolute atomic E-state index is 0.364. The van der Waals surface area contributed by atoms with Crippen LogP contribution in [0.15, 0.2) is 87.9 Å². The molecule has 3 aliphatic rings. The first-order valence-electron chi connectivity index (χ1n) is 10.2. The molecule has 3 rings (SSSR count). The smallest absolute Gasteiger partial charge is 0.0513 e. The van der Waals surface area contributed by atoms with Gasteiger partial charge >= 0.3 is 0 Å². The first kappa shape index (κ1) is 20.2. The largest absolute Gasteiger partial charge is 0.298 e. The lowest BCUT2D eigenvalue weighted by Gasteiger charge is -2.19. The van der Waals surface area contributed by atoms with E-state index in [1.807, 2.05) is 18.6 Å². The molecule has 0 bridgehead atoms. The third-order valence-corrected chi connectivity index (χ3v) is 4.80. The predicted molar refractivity (Wildman–Crippen MR) is 122 cm³/mol. The van der Waals surface area contributed by atoms with E-state index in [0.29, 0.717) is 17.8 Å². The molecule has 0 saturated heterocycles. The molecule has 0 fully saturated rings. The highest BCUT2D eigenvalue weighted by atomic mass is 15.1. The summed E-state index contributed by atoms with van der Waals surface area (Å²) in [7, 11) is 0. The summed E-state index contributed by atoms with van der Waals surface area (Å²) in [5.41, 5.74) is 0. The van der Waals surface area contributed by atoms with E-state index in [1.165, 1.54) is 0 Å². The molecule has 0 aliphatic heterocycles. The molecule has 3 aliphatic carbocycles. The molecule has 0 unspecified atom stereocenters. The standard InChI is InChI=1S/C24H30N4/c1-2-8-22(7-1)19-25-13-16-28(17-14-26-20-23-9-3-4-10-23)18-15-27-21-24-11-5-6-12-24/h1-12,19-24H,13-18H2. The highest BCUT2D eigenvalue weighted by Crippen LogP contribution is 2.07. The number of rotatable bonds is 12. The van der Waals surface area contributed by atoms with E-state index in [1.54, 1.807) is 0 Å². The topological polar surface area (TPSA) is 40.3 Å². The molecule has 0 spiro atoms. The van der Waals surface area contributed by atoms with Crippen LogP contribution in [0.25, 0.3) is 0 Å². The van der Waals surface area contributed by atoms with Crippen LogP contribution in [0.3, 0.4) is 0 Å². The molecule has 0 amide bonds. The summed E-state index contributed by atoms with van der Waals surface area (Å²) in [6, 6.07) is 0. The predicted octanol–water partition coefficient (Wildman–Crippen LogP) is 3.73. The minimum atomic E-state index is 0.364. The van der Waals surface area contributed by atoms with Crippen molar-refractivity contribution in [2.24, 2.45) is 32.7 Å². The van der Waals surface area contributed by atoms with Gasteiger partial charge in [-0.25, -0.2) is 0 Å². The van der Waals surface area contributed by atoms with E-state index >= 15 is 0 Å². The van der Waals surface area contributed by atoms with Gasteiger partial charge in [-0.15, -0.1) is 0 Å². The van der Waals surface area contributed by atoms with Crippen molar-refractivity contribution in [3.8, 4) is 0 Å². The molecule has 0 aromatic rings. The second kappa shape index (κ2) is 12.0. The molecular weight excluding hydrogens is 344 g/mol. The highest BCUT2D eigenvalue weighted by Gasteiger charge is 2.05. The first-order valence-corrected chi connectivity index (χ1v) is 10.2. The van der Waals surface area contributed by atoms with E-state index in [0.717, 1.165) is 39.3 Å². The van der Waals surface area contributed by atoms with Crippen LogP contribution >= 0.6 is 0 Å². The van der Waals surface area contributed by atoms with Gasteiger partial charge in [-0.2, -0.15) is 0 Å². The molecule has 0 aromatic heterocycles. The van der Waals surface area contributed by atoms with Crippen LogP contribution in [-0.2, 0) is 0 Å². The maximum Gasteiger partial charge on any atom is 0.0513 e. The molecule has 0 radical (unpaired) electrons. The Bertz CT molecular complexity index is 598. The Labute approximate surface area is 168 Å². The quantitative estimate of drug-likeness (QED) is 0.480. The number of nitrogens with zero attached hydrogens (tertiary/aromatic N) is 4. The van der Waals surface area contributed by atoms with Crippen molar-refractivity contribution in [1.29, 1.82) is 0 Å². The van der Waals surface area contributed by atoms with Gasteiger partial charge in [-0.05, 0) is 0 Å². The Morgan fingerprint density at radius 2 is 0.786 bits per heavy atom. The van der Waals surface area contributed by atoms with Gasteiger partial charge in [0.1, 0.15) is 0 Å². The van der Waals surface area contributed by atoms with E-state index in [9.17, 15) is 0 Å². The van der Waals surface area contributed by atoms with E-state index in [4.69, 9.17) is 0 Å². The maximum atomic E-state index is 4.59. The zero-order valence-corrected chi connectivity index (χ0v) is 16.4. The van der Waals surface area contributed by atoms with Crippen LogP contribution in [0.2, 0.25) is 0 Å². The molecule has 0 N–H and O–H groups in total. The van der Waals surface area contributed by atoms with Crippen LogP contribution in [0, 0.1) is 17.8 Å². The van der Waals surface area contributed by atoms with Crippen molar-refractivity contribution in [3.05, 3.63) is 72.9 Å². The lowest BCUT2D eigenvalue weighted by Crippen LogP contribution is -2.31. The van der Waals surface area contributed by atoms with Gasteiger partial charge in [-0.1, -0.05) is 72.9 Å². The molecular formula is C24H30N4. The summed E-state index contributed by atoms with van der Waals surface area (Å²) >= 11 is 0. The zero-order valence-electron chi connectivity index (χ0n) is 16.4. The summed E-state index contributed by atoms with van der Waals surface area (Å²) in [5.74, 6) is 1.09. The molecule has 0 saturated carbocycles. The number of hydrogen-bond acceptors (Lipinski definition) is 4. The normalized spacial score (nSPS) is 19.6. The van der Waals surface area contributed by atoms with E-state index < -0.39 is 0 Å². The Morgan fingerprint density at radius 3 is 1.07 bits per heavy atom. The number of hydrogen-bond donors (Lipinski definition) is 0. The van der Waals surface area contributed by atoms with Crippen molar-refractivity contribution in [3.63, 3.8) is 0 Å². The Hall–Kier alpha value is -2.59. The Kier molecular flexibility index (Phi) is 8.63. The molecule has 0 heterocycles. The maximum absolute atomic E-state index is 4.59. The summed E-state index contributed by atoms with van der Waals surface area (Å²) in [5, 5.41) is 0. The molecule has 4 heteroatoms. The SMILES string of the molecule is C1=CC(C=NCCN(CCN=CC2C=CC=C2)CCN=CC2C=CC=C2)C=C1. The van der Waals surface area contributed by atoms with Gasteiger partial charge in [-0.3, -0.25) is 19.9 Å². The average Bonchev–Trinajstić information content (AvgIpc) is 3.48. The van der Waals surface area contributed by atoms with Gasteiger partial charge in [0.2, 0.25) is 0 Å². The molecule has 0 atom stereocenters. The van der Waals surface area contributed by atoms with Crippen molar-refractivity contribution in [2.75, 3.05) is 39.3 Å². The van der Waals surface area contributed by atoms with Crippen LogP contribution < -0.4 is 0 Å². The monoisotopic (exact) mass is 374 g/mol. The third kappa shape index (κ3) is 7.57. The molecule has 0 aromatic carbocycles. The Morgan fingerprint density at radius 1 is 0.500 bits per heavy atom. The summed E-state index contributed by atoms with van der Waals surface area (Å²) in [6.07, 6.45) is 31.5. The number of allylic oxidation sites excluding steroid dienone is 12. The lowest BCUT2D eigenvalue weighted by molar-refractivity contribution is 0.298. The van der Waals surface area contributed by atoms with Gasteiger partial charge in [0.05, 0.1) is 19.6 Å². The summed E-state index contributed by atoms with van der Waals surface area (Å²) in [6.45, 7) is 5.26. The van der Waals surface area contributed by atoms with Crippen molar-refractivity contribution in [1.82, 2.24) is 4.90 Å². The van der Waals surface area contributed by atoms with E-state index in [-0.39, 0.29) is 0 Å². The number of aliphatic imine (C=N–C) groups is 3. The van der Waals surface area contributed by atoms with Crippen LogP contribution in [-0.4, -0.2) is 62.8 Å². The van der Waals surface area contributed by atoms with Crippen LogP contribution in [0.4, 0.5) is 0 Å². The Balaban J connectivity index is 1.40. The zero-order chi connectivity index (χ0) is 19.3. The second-order valence-electron chi connectivity index (χ2n) is 7.05. The van der Waals surface area contributed by atoms with Crippen molar-refractivity contribution >= 4 is 18.6 Å². The minimum Gasteiger partial charge on any atom is -0.298 e. The van der Waals surface area contributed by atoms with Crippen LogP contribution in [0.1, 0.15) is 0 Å². The second-order valence-corrected chi connectivity index (χ2v) is 7.05. The lowest BCUT2D eigenvalue weighted by atomic mass is 10.2. The molecule has 4 nitrogen and oxygen atoms in total. The average molecular weight is 375 g/mol. The fourth-order valence-electron chi connectivity index (χ4n) is 3.17. The molecule has 146 valence electrons. The van der Waals surface area contributed by atoms with Gasteiger partial charge in [0.25, 0.3) is 0 Å².